The van der Waals surface area contributed by atoms with Crippen LogP contribution in [-0.2, 0) is 11.3 Å². The predicted molar refractivity (Wildman–Crippen MR) is 115 cm³/mol. The van der Waals surface area contributed by atoms with Crippen LogP contribution in [0.15, 0.2) is 67.0 Å². The number of pyridine rings is 1. The minimum atomic E-state index is 0.0839. The SMILES string of the molecule is O=C(c1cccc2ccccc12)N(CCCN1CCOCC1)Cc1ccncc1. The molecule has 1 aromatic heterocycles. The Morgan fingerprint density at radius 3 is 2.59 bits per heavy atom. The number of amides is 1. The van der Waals surface area contributed by atoms with Gasteiger partial charge >= 0.3 is 0 Å². The molecular weight excluding hydrogens is 362 g/mol. The molecule has 0 bridgehead atoms. The van der Waals surface area contributed by atoms with Crippen molar-refractivity contribution in [3.05, 3.63) is 78.1 Å². The summed E-state index contributed by atoms with van der Waals surface area (Å²) in [5, 5.41) is 2.10. The average Bonchev–Trinajstić information content (AvgIpc) is 2.79. The standard InChI is InChI=1S/C24H27N3O2/c28-24(23-8-3-6-21-5-1-2-7-22(21)23)27(19-20-9-11-25-12-10-20)14-4-13-26-15-17-29-18-16-26/h1-3,5-12H,4,13-19H2. The second-order valence-electron chi connectivity index (χ2n) is 7.42. The van der Waals surface area contributed by atoms with Crippen LogP contribution in [0.2, 0.25) is 0 Å². The molecule has 1 aliphatic rings. The molecule has 0 saturated carbocycles. The Balaban J connectivity index is 1.52. The van der Waals surface area contributed by atoms with Crippen LogP contribution in [0.5, 0.6) is 0 Å². The molecule has 0 atom stereocenters. The third-order valence-electron chi connectivity index (χ3n) is 5.44. The van der Waals surface area contributed by atoms with Crippen molar-refractivity contribution in [3.63, 3.8) is 0 Å². The number of hydrogen-bond donors (Lipinski definition) is 0. The van der Waals surface area contributed by atoms with Crippen molar-refractivity contribution in [2.45, 2.75) is 13.0 Å². The zero-order chi connectivity index (χ0) is 19.9. The first-order chi connectivity index (χ1) is 14.3. The average molecular weight is 389 g/mol. The molecule has 0 unspecified atom stereocenters. The van der Waals surface area contributed by atoms with E-state index in [1.165, 1.54) is 0 Å². The molecule has 0 aliphatic carbocycles. The topological polar surface area (TPSA) is 45.7 Å². The van der Waals surface area contributed by atoms with Gasteiger partial charge in [-0.15, -0.1) is 0 Å². The molecule has 5 nitrogen and oxygen atoms in total. The van der Waals surface area contributed by atoms with Crippen LogP contribution in [0.1, 0.15) is 22.3 Å². The molecule has 1 saturated heterocycles. The van der Waals surface area contributed by atoms with Crippen molar-refractivity contribution in [2.24, 2.45) is 0 Å². The van der Waals surface area contributed by atoms with Crippen LogP contribution in [0.25, 0.3) is 10.8 Å². The summed E-state index contributed by atoms with van der Waals surface area (Å²) in [6.45, 7) is 5.85. The number of ether oxygens (including phenoxy) is 1. The predicted octanol–water partition coefficient (Wildman–Crippen LogP) is 3.60. The zero-order valence-corrected chi connectivity index (χ0v) is 16.7. The van der Waals surface area contributed by atoms with Gasteiger partial charge in [-0.25, -0.2) is 0 Å². The van der Waals surface area contributed by atoms with Crippen molar-refractivity contribution >= 4 is 16.7 Å². The highest BCUT2D eigenvalue weighted by Gasteiger charge is 2.19. The first-order valence-electron chi connectivity index (χ1n) is 10.3. The van der Waals surface area contributed by atoms with Gasteiger partial charge < -0.3 is 9.64 Å². The summed E-state index contributed by atoms with van der Waals surface area (Å²) < 4.78 is 5.43. The monoisotopic (exact) mass is 389 g/mol. The first-order valence-corrected chi connectivity index (χ1v) is 10.3. The Bertz CT molecular complexity index is 934. The number of benzene rings is 2. The maximum atomic E-state index is 13.5. The molecule has 0 N–H and O–H groups in total. The smallest absolute Gasteiger partial charge is 0.254 e. The quantitative estimate of drug-likeness (QED) is 0.619. The van der Waals surface area contributed by atoms with E-state index in [-0.39, 0.29) is 5.91 Å². The second kappa shape index (κ2) is 9.63. The van der Waals surface area contributed by atoms with Gasteiger partial charge in [-0.2, -0.15) is 0 Å². The highest BCUT2D eigenvalue weighted by molar-refractivity contribution is 6.07. The van der Waals surface area contributed by atoms with E-state index in [0.717, 1.165) is 67.7 Å². The molecule has 0 radical (unpaired) electrons. The molecule has 4 rings (SSSR count). The molecule has 150 valence electrons. The van der Waals surface area contributed by atoms with E-state index in [2.05, 4.69) is 22.0 Å². The zero-order valence-electron chi connectivity index (χ0n) is 16.7. The fourth-order valence-electron chi connectivity index (χ4n) is 3.85. The van der Waals surface area contributed by atoms with Crippen molar-refractivity contribution in [2.75, 3.05) is 39.4 Å². The summed E-state index contributed by atoms with van der Waals surface area (Å²) >= 11 is 0. The molecule has 1 amide bonds. The maximum absolute atomic E-state index is 13.5. The highest BCUT2D eigenvalue weighted by Crippen LogP contribution is 2.21. The summed E-state index contributed by atoms with van der Waals surface area (Å²) in [5.74, 6) is 0.0839. The molecule has 3 aromatic rings. The Morgan fingerprint density at radius 1 is 1.00 bits per heavy atom. The molecule has 1 fully saturated rings. The summed E-state index contributed by atoms with van der Waals surface area (Å²) in [5.41, 5.74) is 1.86. The van der Waals surface area contributed by atoms with E-state index in [1.807, 2.05) is 47.4 Å². The van der Waals surface area contributed by atoms with Crippen molar-refractivity contribution in [1.29, 1.82) is 0 Å². The van der Waals surface area contributed by atoms with E-state index in [0.29, 0.717) is 6.54 Å². The van der Waals surface area contributed by atoms with Gasteiger partial charge in [0.2, 0.25) is 0 Å². The molecule has 5 heteroatoms. The third-order valence-corrected chi connectivity index (χ3v) is 5.44. The van der Waals surface area contributed by atoms with E-state index in [9.17, 15) is 4.79 Å². The number of carbonyl (C=O) groups is 1. The van der Waals surface area contributed by atoms with E-state index >= 15 is 0 Å². The Hall–Kier alpha value is -2.76. The summed E-state index contributed by atoms with van der Waals surface area (Å²) in [6.07, 6.45) is 4.51. The Labute approximate surface area is 171 Å². The van der Waals surface area contributed by atoms with Crippen molar-refractivity contribution in [3.8, 4) is 0 Å². The number of aromatic nitrogens is 1. The van der Waals surface area contributed by atoms with Gasteiger partial charge in [0.05, 0.1) is 13.2 Å². The third kappa shape index (κ3) is 5.00. The van der Waals surface area contributed by atoms with E-state index in [1.54, 1.807) is 12.4 Å². The minimum absolute atomic E-state index is 0.0839. The lowest BCUT2D eigenvalue weighted by atomic mass is 10.0. The molecule has 1 aliphatic heterocycles. The highest BCUT2D eigenvalue weighted by atomic mass is 16.5. The van der Waals surface area contributed by atoms with Crippen LogP contribution in [0, 0.1) is 0 Å². The minimum Gasteiger partial charge on any atom is -0.379 e. The van der Waals surface area contributed by atoms with Crippen LogP contribution >= 0.6 is 0 Å². The van der Waals surface area contributed by atoms with Gasteiger partial charge in [0, 0.05) is 50.7 Å². The van der Waals surface area contributed by atoms with Gasteiger partial charge in [0.1, 0.15) is 0 Å². The van der Waals surface area contributed by atoms with Gasteiger partial charge in [-0.05, 0) is 41.0 Å². The normalized spacial score (nSPS) is 14.8. The summed E-state index contributed by atoms with van der Waals surface area (Å²) in [7, 11) is 0. The van der Waals surface area contributed by atoms with Gasteiger partial charge in [0.15, 0.2) is 0 Å². The molecule has 29 heavy (non-hydrogen) atoms. The summed E-state index contributed by atoms with van der Waals surface area (Å²) in [6, 6.07) is 18.0. The number of morpholine rings is 1. The largest absolute Gasteiger partial charge is 0.379 e. The lowest BCUT2D eigenvalue weighted by Crippen LogP contribution is -2.39. The van der Waals surface area contributed by atoms with Crippen molar-refractivity contribution in [1.82, 2.24) is 14.8 Å². The van der Waals surface area contributed by atoms with Crippen LogP contribution < -0.4 is 0 Å². The van der Waals surface area contributed by atoms with Gasteiger partial charge in [-0.3, -0.25) is 14.7 Å². The van der Waals surface area contributed by atoms with E-state index < -0.39 is 0 Å². The van der Waals surface area contributed by atoms with Gasteiger partial charge in [-0.1, -0.05) is 36.4 Å². The van der Waals surface area contributed by atoms with Crippen molar-refractivity contribution < 1.29 is 9.53 Å². The lowest BCUT2D eigenvalue weighted by Gasteiger charge is -2.28. The Morgan fingerprint density at radius 2 is 1.76 bits per heavy atom. The number of rotatable bonds is 7. The molecular formula is C24H27N3O2. The molecule has 0 spiro atoms. The number of carbonyl (C=O) groups excluding carboxylic acids is 1. The van der Waals surface area contributed by atoms with Crippen LogP contribution in [-0.4, -0.2) is 60.1 Å². The second-order valence-corrected chi connectivity index (χ2v) is 7.42. The van der Waals surface area contributed by atoms with Gasteiger partial charge in [0.25, 0.3) is 5.91 Å². The number of hydrogen-bond acceptors (Lipinski definition) is 4. The first kappa shape index (κ1) is 19.6. The Kier molecular flexibility index (Phi) is 6.49. The number of nitrogens with zero attached hydrogens (tertiary/aromatic N) is 3. The van der Waals surface area contributed by atoms with E-state index in [4.69, 9.17) is 4.74 Å². The van der Waals surface area contributed by atoms with Crippen LogP contribution in [0.4, 0.5) is 0 Å². The van der Waals surface area contributed by atoms with Crippen LogP contribution in [0.3, 0.4) is 0 Å². The molecule has 2 aromatic carbocycles. The fraction of sp³-hybridized carbons (Fsp3) is 0.333. The number of fused-ring (bicyclic) bond motifs is 1. The lowest BCUT2D eigenvalue weighted by molar-refractivity contribution is 0.0355. The maximum Gasteiger partial charge on any atom is 0.254 e. The fourth-order valence-corrected chi connectivity index (χ4v) is 3.85. The summed E-state index contributed by atoms with van der Waals surface area (Å²) in [4.78, 5) is 22.0. The molecule has 2 heterocycles.